The van der Waals surface area contributed by atoms with Gasteiger partial charge in [0.25, 0.3) is 0 Å². The second-order valence-electron chi connectivity index (χ2n) is 12.2. The molecule has 0 heterocycles. The fraction of sp³-hybridized carbons (Fsp3) is 0.0500. The molecule has 0 aliphatic rings. The first-order chi connectivity index (χ1) is 26.8. The zero-order valence-electron chi connectivity index (χ0n) is 31.3. The summed E-state index contributed by atoms with van der Waals surface area (Å²) in [7, 11) is -7.23. The van der Waals surface area contributed by atoms with Gasteiger partial charge in [-0.15, -0.1) is 20.5 Å². The summed E-state index contributed by atoms with van der Waals surface area (Å²) in [5, 5.41) is 39.0. The van der Waals surface area contributed by atoms with Gasteiger partial charge in [0.05, 0.1) is 24.0 Å². The fourth-order valence-electron chi connectivity index (χ4n) is 6.14. The minimum atomic E-state index is -5.11. The molecular weight excluding hydrogens is 807 g/mol. The van der Waals surface area contributed by atoms with Gasteiger partial charge >= 0.3 is 59.1 Å². The maximum Gasteiger partial charge on any atom is 1.00 e. The van der Waals surface area contributed by atoms with E-state index in [1.54, 1.807) is 54.6 Å². The summed E-state index contributed by atoms with van der Waals surface area (Å²) >= 11 is 0. The molecule has 0 atom stereocenters. The van der Waals surface area contributed by atoms with Crippen LogP contribution in [0, 0.1) is 0 Å². The molecule has 14 nitrogen and oxygen atoms in total. The van der Waals surface area contributed by atoms with Gasteiger partial charge in [0.1, 0.15) is 54.5 Å². The number of rotatable bonds is 10. The third-order valence-corrected chi connectivity index (χ3v) is 10.6. The van der Waals surface area contributed by atoms with Gasteiger partial charge in [-0.2, -0.15) is 0 Å². The summed E-state index contributed by atoms with van der Waals surface area (Å²) < 4.78 is 84.2. The number of phenols is 2. The summed E-state index contributed by atoms with van der Waals surface area (Å²) in [5.74, 6) is -0.438. The first-order valence-electron chi connectivity index (χ1n) is 16.5. The molecule has 0 spiro atoms. The zero-order valence-corrected chi connectivity index (χ0v) is 36.9. The van der Waals surface area contributed by atoms with Crippen LogP contribution >= 0.6 is 0 Å². The van der Waals surface area contributed by atoms with Crippen molar-refractivity contribution < 1.29 is 105 Å². The second-order valence-corrected chi connectivity index (χ2v) is 14.9. The number of hydrogen-bond acceptors (Lipinski definition) is 14. The number of fused-ring (bicyclic) bond motifs is 2. The van der Waals surface area contributed by atoms with Crippen LogP contribution < -0.4 is 68.6 Å². The molecule has 282 valence electrons. The van der Waals surface area contributed by atoms with Crippen molar-refractivity contribution in [2.45, 2.75) is 9.79 Å². The SMILES string of the molecule is COc1cc(-c2ccc(N=Nc3c(S(=O)(=O)[O-])cc4cc(-c5ccccc5)ccc4c3O)c(OC)c2)ccc1N=Nc1cc(S(=O)(=O)[O-])c2ccccc2c1O.[Na+].[Na+]. The topological polar surface area (TPSA) is 223 Å². The van der Waals surface area contributed by atoms with E-state index >= 15 is 0 Å². The van der Waals surface area contributed by atoms with Gasteiger partial charge in [-0.05, 0) is 76.2 Å². The number of methoxy groups -OCH3 is 2. The molecule has 7 aromatic carbocycles. The van der Waals surface area contributed by atoms with Crippen LogP contribution in [0.3, 0.4) is 0 Å². The van der Waals surface area contributed by atoms with E-state index in [-0.39, 0.29) is 110 Å². The molecule has 7 aromatic rings. The van der Waals surface area contributed by atoms with Gasteiger partial charge in [0.2, 0.25) is 0 Å². The van der Waals surface area contributed by atoms with E-state index in [1.165, 1.54) is 38.5 Å². The van der Waals surface area contributed by atoms with Crippen LogP contribution in [-0.4, -0.2) is 50.4 Å². The van der Waals surface area contributed by atoms with Crippen LogP contribution in [-0.2, 0) is 20.2 Å². The Morgan fingerprint density at radius 2 is 0.983 bits per heavy atom. The van der Waals surface area contributed by atoms with Crippen molar-refractivity contribution in [2.75, 3.05) is 14.2 Å². The van der Waals surface area contributed by atoms with Crippen molar-refractivity contribution in [3.8, 4) is 45.3 Å². The predicted molar refractivity (Wildman–Crippen MR) is 206 cm³/mol. The Morgan fingerprint density at radius 3 is 1.55 bits per heavy atom. The molecule has 18 heteroatoms. The Bertz CT molecular complexity index is 2990. The minimum absolute atomic E-state index is 0. The Balaban J connectivity index is 0.00000320. The quantitative estimate of drug-likeness (QED) is 0.116. The summed E-state index contributed by atoms with van der Waals surface area (Å²) in [6.07, 6.45) is 0. The van der Waals surface area contributed by atoms with Crippen LogP contribution in [0.25, 0.3) is 43.8 Å². The number of phenolic OH excluding ortho intramolecular Hbond substituents is 2. The van der Waals surface area contributed by atoms with Gasteiger partial charge in [0, 0.05) is 16.2 Å². The third kappa shape index (κ3) is 9.11. The molecule has 7 rings (SSSR count). The first-order valence-corrected chi connectivity index (χ1v) is 19.3. The number of aromatic hydroxyl groups is 2. The molecule has 0 radical (unpaired) electrons. The smallest absolute Gasteiger partial charge is 0.744 e. The molecule has 0 fully saturated rings. The summed E-state index contributed by atoms with van der Waals surface area (Å²) in [6.45, 7) is 0. The third-order valence-electron chi connectivity index (χ3n) is 8.87. The van der Waals surface area contributed by atoms with Gasteiger partial charge in [-0.1, -0.05) is 72.8 Å². The number of azo groups is 2. The molecular formula is C40H28N4Na2O10S2. The van der Waals surface area contributed by atoms with Gasteiger partial charge in [-0.25, -0.2) is 16.8 Å². The molecule has 0 amide bonds. The molecule has 0 aliphatic heterocycles. The summed E-state index contributed by atoms with van der Waals surface area (Å²) in [6, 6.07) is 32.2. The fourth-order valence-corrected chi connectivity index (χ4v) is 7.48. The Morgan fingerprint density at radius 1 is 0.483 bits per heavy atom. The van der Waals surface area contributed by atoms with E-state index in [9.17, 15) is 36.2 Å². The summed E-state index contributed by atoms with van der Waals surface area (Å²) in [5.41, 5.74) is 2.44. The molecule has 0 saturated heterocycles. The van der Waals surface area contributed by atoms with Crippen molar-refractivity contribution in [1.82, 2.24) is 0 Å². The number of nitrogens with zero attached hydrogens (tertiary/aromatic N) is 4. The van der Waals surface area contributed by atoms with E-state index < -0.39 is 41.5 Å². The Hall–Kier alpha value is -4.72. The van der Waals surface area contributed by atoms with Crippen LogP contribution in [0.15, 0.2) is 152 Å². The van der Waals surface area contributed by atoms with E-state index in [0.717, 1.165) is 23.3 Å². The van der Waals surface area contributed by atoms with Gasteiger partial charge in [0.15, 0.2) is 11.5 Å². The second kappa shape index (κ2) is 18.0. The van der Waals surface area contributed by atoms with Crippen molar-refractivity contribution in [1.29, 1.82) is 0 Å². The molecule has 0 aromatic heterocycles. The van der Waals surface area contributed by atoms with Crippen molar-refractivity contribution >= 4 is 64.5 Å². The van der Waals surface area contributed by atoms with Crippen LogP contribution in [0.5, 0.6) is 23.0 Å². The van der Waals surface area contributed by atoms with Crippen molar-refractivity contribution in [2.24, 2.45) is 20.5 Å². The number of hydrogen-bond donors (Lipinski definition) is 2. The standard InChI is InChI=1S/C40H30N4O10S2.2Na/c1-53-34-19-25(13-16-31(34)41-43-33-22-36(55(47,48)49)29-10-6-7-11-30(29)39(33)45)26-14-17-32(35(20-26)54-2)42-44-38-37(56(50,51)52)21-27-18-24(12-15-28(27)40(38)46)23-8-4-3-5-9-23;;/h3-22,45-46H,1-2H3,(H,47,48,49)(H,50,51,52);;/q;2*+1/p-2. The Labute approximate surface area is 377 Å². The largest absolute Gasteiger partial charge is 1.00 e. The van der Waals surface area contributed by atoms with E-state index in [2.05, 4.69) is 20.5 Å². The predicted octanol–water partition coefficient (Wildman–Crippen LogP) is 3.40. The van der Waals surface area contributed by atoms with E-state index in [4.69, 9.17) is 9.47 Å². The number of benzene rings is 7. The molecule has 2 N–H and O–H groups in total. The molecule has 0 unspecified atom stereocenters. The molecule has 58 heavy (non-hydrogen) atoms. The van der Waals surface area contributed by atoms with E-state index in [0.29, 0.717) is 16.5 Å². The van der Waals surface area contributed by atoms with Crippen molar-refractivity contribution in [3.05, 3.63) is 121 Å². The normalized spacial score (nSPS) is 11.8. The Kier molecular flexibility index (Phi) is 13.8. The van der Waals surface area contributed by atoms with Crippen LogP contribution in [0.2, 0.25) is 0 Å². The van der Waals surface area contributed by atoms with Crippen LogP contribution in [0.4, 0.5) is 22.7 Å². The first kappa shape index (κ1) is 44.4. The monoisotopic (exact) mass is 834 g/mol. The summed E-state index contributed by atoms with van der Waals surface area (Å²) in [4.78, 5) is -1.30. The average molecular weight is 835 g/mol. The molecule has 0 saturated carbocycles. The zero-order chi connectivity index (χ0) is 39.8. The maximum atomic E-state index is 12.4. The molecule has 0 aliphatic carbocycles. The maximum absolute atomic E-state index is 12.4. The van der Waals surface area contributed by atoms with Crippen LogP contribution in [0.1, 0.15) is 0 Å². The van der Waals surface area contributed by atoms with Gasteiger partial charge < -0.3 is 28.8 Å². The van der Waals surface area contributed by atoms with Gasteiger partial charge in [-0.3, -0.25) is 0 Å². The number of ether oxygens (including phenoxy) is 2. The average Bonchev–Trinajstić information content (AvgIpc) is 3.19. The van der Waals surface area contributed by atoms with Crippen molar-refractivity contribution in [3.63, 3.8) is 0 Å². The van der Waals surface area contributed by atoms with E-state index in [1.807, 2.05) is 30.3 Å². The molecule has 0 bridgehead atoms. The minimum Gasteiger partial charge on any atom is -0.744 e.